The molecule has 2 aromatic heterocycles. The second kappa shape index (κ2) is 9.94. The lowest BCUT2D eigenvalue weighted by molar-refractivity contribution is -0.144. The number of hydrogen-bond acceptors (Lipinski definition) is 8. The first kappa shape index (κ1) is 22.1. The number of para-hydroxylation sites is 1. The predicted molar refractivity (Wildman–Crippen MR) is 115 cm³/mol. The zero-order chi connectivity index (χ0) is 21.6. The van der Waals surface area contributed by atoms with Gasteiger partial charge >= 0.3 is 5.97 Å². The van der Waals surface area contributed by atoms with Crippen LogP contribution in [0.2, 0.25) is 0 Å². The SMILES string of the molecule is CC(=O)N(c1ccccc1)c1nc(COC(=O)CCNS(=O)(=O)c2cccs2)cs1. The summed E-state index contributed by atoms with van der Waals surface area (Å²) < 4.78 is 31.7. The number of nitrogens with zero attached hydrogens (tertiary/aromatic N) is 2. The van der Waals surface area contributed by atoms with E-state index in [1.807, 2.05) is 18.2 Å². The summed E-state index contributed by atoms with van der Waals surface area (Å²) in [7, 11) is -3.61. The van der Waals surface area contributed by atoms with E-state index in [1.54, 1.807) is 29.0 Å². The van der Waals surface area contributed by atoms with E-state index in [9.17, 15) is 18.0 Å². The van der Waals surface area contributed by atoms with E-state index in [0.29, 0.717) is 16.5 Å². The zero-order valence-electron chi connectivity index (χ0n) is 16.0. The average Bonchev–Trinajstić information content (AvgIpc) is 3.40. The predicted octanol–water partition coefficient (Wildman–Crippen LogP) is 3.30. The van der Waals surface area contributed by atoms with Gasteiger partial charge in [0, 0.05) is 18.8 Å². The van der Waals surface area contributed by atoms with Gasteiger partial charge in [0.15, 0.2) is 5.13 Å². The highest BCUT2D eigenvalue weighted by atomic mass is 32.2. The van der Waals surface area contributed by atoms with Crippen LogP contribution in [-0.4, -0.2) is 31.8 Å². The molecule has 30 heavy (non-hydrogen) atoms. The van der Waals surface area contributed by atoms with Crippen molar-refractivity contribution in [2.24, 2.45) is 0 Å². The average molecular weight is 466 g/mol. The van der Waals surface area contributed by atoms with Gasteiger partial charge < -0.3 is 4.74 Å². The van der Waals surface area contributed by atoms with Crippen LogP contribution in [0.3, 0.4) is 0 Å². The van der Waals surface area contributed by atoms with Crippen molar-refractivity contribution >= 4 is 55.4 Å². The Morgan fingerprint density at radius 3 is 2.57 bits per heavy atom. The third kappa shape index (κ3) is 5.72. The summed E-state index contributed by atoms with van der Waals surface area (Å²) in [4.78, 5) is 29.8. The Bertz CT molecular complexity index is 1100. The number of aromatic nitrogens is 1. The van der Waals surface area contributed by atoms with Crippen LogP contribution in [-0.2, 0) is 31.0 Å². The van der Waals surface area contributed by atoms with Crippen molar-refractivity contribution in [2.45, 2.75) is 24.2 Å². The number of rotatable bonds is 9. The summed E-state index contributed by atoms with van der Waals surface area (Å²) in [6, 6.07) is 12.3. The monoisotopic (exact) mass is 465 g/mol. The number of ether oxygens (including phenoxy) is 1. The zero-order valence-corrected chi connectivity index (χ0v) is 18.4. The van der Waals surface area contributed by atoms with Crippen molar-refractivity contribution < 1.29 is 22.7 Å². The second-order valence-electron chi connectivity index (χ2n) is 6.05. The number of nitrogens with one attached hydrogen (secondary N) is 1. The lowest BCUT2D eigenvalue weighted by Gasteiger charge is -2.17. The molecule has 1 aromatic carbocycles. The molecule has 3 aromatic rings. The maximum atomic E-state index is 12.1. The van der Waals surface area contributed by atoms with Crippen molar-refractivity contribution in [3.63, 3.8) is 0 Å². The summed E-state index contributed by atoms with van der Waals surface area (Å²) in [6.07, 6.45) is -0.106. The molecular weight excluding hydrogens is 446 g/mol. The third-order valence-electron chi connectivity index (χ3n) is 3.82. The first-order valence-electron chi connectivity index (χ1n) is 8.86. The minimum absolute atomic E-state index is 0.0620. The smallest absolute Gasteiger partial charge is 0.307 e. The van der Waals surface area contributed by atoms with Crippen LogP contribution >= 0.6 is 22.7 Å². The van der Waals surface area contributed by atoms with Crippen molar-refractivity contribution in [2.75, 3.05) is 11.4 Å². The number of carbonyl (C=O) groups excluding carboxylic acids is 2. The lowest BCUT2D eigenvalue weighted by atomic mass is 10.3. The van der Waals surface area contributed by atoms with Crippen molar-refractivity contribution in [3.8, 4) is 0 Å². The minimum atomic E-state index is -3.61. The van der Waals surface area contributed by atoms with Gasteiger partial charge in [-0.3, -0.25) is 14.5 Å². The van der Waals surface area contributed by atoms with E-state index >= 15 is 0 Å². The molecule has 1 N–H and O–H groups in total. The highest BCUT2D eigenvalue weighted by Crippen LogP contribution is 2.28. The largest absolute Gasteiger partial charge is 0.459 e. The topological polar surface area (TPSA) is 106 Å². The number of hydrogen-bond donors (Lipinski definition) is 1. The van der Waals surface area contributed by atoms with Crippen LogP contribution in [0.5, 0.6) is 0 Å². The van der Waals surface area contributed by atoms with Gasteiger partial charge in [0.1, 0.15) is 10.8 Å². The van der Waals surface area contributed by atoms with Gasteiger partial charge in [-0.15, -0.1) is 22.7 Å². The summed E-state index contributed by atoms with van der Waals surface area (Å²) in [5, 5.41) is 3.85. The molecule has 0 aliphatic heterocycles. The van der Waals surface area contributed by atoms with Gasteiger partial charge in [-0.1, -0.05) is 24.3 Å². The van der Waals surface area contributed by atoms with Gasteiger partial charge in [-0.05, 0) is 23.6 Å². The minimum Gasteiger partial charge on any atom is -0.459 e. The van der Waals surface area contributed by atoms with E-state index in [0.717, 1.165) is 11.3 Å². The van der Waals surface area contributed by atoms with Crippen LogP contribution in [0.4, 0.5) is 10.8 Å². The Balaban J connectivity index is 1.51. The van der Waals surface area contributed by atoms with Gasteiger partial charge in [0.2, 0.25) is 15.9 Å². The molecule has 0 fully saturated rings. The maximum Gasteiger partial charge on any atom is 0.307 e. The number of thiazole rings is 1. The summed E-state index contributed by atoms with van der Waals surface area (Å²) in [5.41, 5.74) is 1.20. The van der Waals surface area contributed by atoms with Gasteiger partial charge in [-0.25, -0.2) is 18.1 Å². The van der Waals surface area contributed by atoms with Gasteiger partial charge in [-0.2, -0.15) is 0 Å². The summed E-state index contributed by atoms with van der Waals surface area (Å²) in [5.74, 6) is -0.734. The quantitative estimate of drug-likeness (QED) is 0.486. The molecule has 0 spiro atoms. The number of sulfonamides is 1. The Morgan fingerprint density at radius 2 is 1.90 bits per heavy atom. The first-order valence-corrected chi connectivity index (χ1v) is 12.1. The number of anilines is 2. The molecule has 11 heteroatoms. The van der Waals surface area contributed by atoms with Crippen molar-refractivity contribution in [3.05, 3.63) is 58.9 Å². The molecule has 2 heterocycles. The first-order chi connectivity index (χ1) is 14.4. The highest BCUT2D eigenvalue weighted by molar-refractivity contribution is 7.91. The van der Waals surface area contributed by atoms with Crippen molar-refractivity contribution in [1.29, 1.82) is 0 Å². The molecule has 0 bridgehead atoms. The Hall–Kier alpha value is -2.60. The lowest BCUT2D eigenvalue weighted by Crippen LogP contribution is -2.26. The van der Waals surface area contributed by atoms with E-state index in [1.165, 1.54) is 29.2 Å². The molecule has 0 aliphatic carbocycles. The van der Waals surface area contributed by atoms with Gasteiger partial charge in [0.05, 0.1) is 17.8 Å². The molecule has 0 aliphatic rings. The van der Waals surface area contributed by atoms with E-state index in [-0.39, 0.29) is 29.7 Å². The van der Waals surface area contributed by atoms with E-state index in [4.69, 9.17) is 4.74 Å². The number of carbonyl (C=O) groups is 2. The second-order valence-corrected chi connectivity index (χ2v) is 9.83. The van der Waals surface area contributed by atoms with Crippen LogP contribution in [0, 0.1) is 0 Å². The molecule has 0 unspecified atom stereocenters. The standard InChI is InChI=1S/C19H19N3O5S3/c1-14(23)22(16-6-3-2-4-7-16)19-21-15(13-29-19)12-27-17(24)9-10-20-30(25,26)18-8-5-11-28-18/h2-8,11,13,20H,9-10,12H2,1H3. The molecule has 8 nitrogen and oxygen atoms in total. The maximum absolute atomic E-state index is 12.1. The molecule has 0 saturated carbocycles. The van der Waals surface area contributed by atoms with Crippen LogP contribution in [0.25, 0.3) is 0 Å². The molecule has 158 valence electrons. The van der Waals surface area contributed by atoms with E-state index in [2.05, 4.69) is 9.71 Å². The number of esters is 1. The van der Waals surface area contributed by atoms with Crippen LogP contribution in [0.1, 0.15) is 19.0 Å². The van der Waals surface area contributed by atoms with Crippen molar-refractivity contribution in [1.82, 2.24) is 9.71 Å². The highest BCUT2D eigenvalue weighted by Gasteiger charge is 2.18. The Kier molecular flexibility index (Phi) is 7.32. The van der Waals surface area contributed by atoms with E-state index < -0.39 is 16.0 Å². The summed E-state index contributed by atoms with van der Waals surface area (Å²) in [6.45, 7) is 1.33. The summed E-state index contributed by atoms with van der Waals surface area (Å²) >= 11 is 2.36. The molecule has 1 amide bonds. The fourth-order valence-electron chi connectivity index (χ4n) is 2.47. The van der Waals surface area contributed by atoms with Crippen LogP contribution in [0.15, 0.2) is 57.4 Å². The fourth-order valence-corrected chi connectivity index (χ4v) is 5.41. The molecular formula is C19H19N3O5S3. The molecule has 0 atom stereocenters. The number of amides is 1. The molecule has 3 rings (SSSR count). The molecule has 0 radical (unpaired) electrons. The fraction of sp³-hybridized carbons (Fsp3) is 0.211. The Labute approximate surface area is 182 Å². The number of benzene rings is 1. The number of thiophene rings is 1. The Morgan fingerprint density at radius 1 is 1.13 bits per heavy atom. The molecule has 0 saturated heterocycles. The third-order valence-corrected chi connectivity index (χ3v) is 7.56. The normalized spacial score (nSPS) is 11.2. The van der Waals surface area contributed by atoms with Crippen LogP contribution < -0.4 is 9.62 Å². The van der Waals surface area contributed by atoms with Gasteiger partial charge in [0.25, 0.3) is 0 Å².